The number of fused-ring (bicyclic) bond motifs is 14. The van der Waals surface area contributed by atoms with Gasteiger partial charge in [0.25, 0.3) is 0 Å². The monoisotopic (exact) mass is 964 g/mol. The highest BCUT2D eigenvalue weighted by molar-refractivity contribution is 7.01. The van der Waals surface area contributed by atoms with Crippen LogP contribution in [-0.2, 0) is 10.8 Å². The zero-order chi connectivity index (χ0) is 50.1. The third-order valence-corrected chi connectivity index (χ3v) is 20.7. The van der Waals surface area contributed by atoms with E-state index in [0.717, 1.165) is 22.8 Å². The molecule has 1 aliphatic heterocycles. The van der Waals surface area contributed by atoms with Crippen molar-refractivity contribution in [2.24, 2.45) is 0 Å². The van der Waals surface area contributed by atoms with Crippen LogP contribution in [-0.4, -0.2) is 12.6 Å². The van der Waals surface area contributed by atoms with Gasteiger partial charge in [-0.2, -0.15) is 0 Å². The number of hydrogen-bond acceptors (Lipinski definition) is 1. The first-order chi connectivity index (χ1) is 36.1. The van der Waals surface area contributed by atoms with E-state index in [1.165, 1.54) is 110 Å². The summed E-state index contributed by atoms with van der Waals surface area (Å²) >= 11 is 0. The van der Waals surface area contributed by atoms with E-state index >= 15 is 0 Å². The number of hydrogen-bond donors (Lipinski definition) is 0. The Bertz CT molecular complexity index is 4240. The van der Waals surface area contributed by atoms with Crippen molar-refractivity contribution in [3.05, 3.63) is 277 Å². The Labute approximate surface area is 435 Å². The topological polar surface area (TPSA) is 8.17 Å². The SMILES string of the molecule is C=C/C=C\C=C(/C)n1c2ccccc2c2cc(N(c3ccc4c(c3)-c3ccccc3C4(C)C)c3ccc4c(c3)[Si](C)(C)c3ccccc3C43c4ccccc4-c4cccc5c(-c6ccccc6)ccc3c45)ccc21. The molecule has 10 aromatic carbocycles. The summed E-state index contributed by atoms with van der Waals surface area (Å²) in [7, 11) is -2.41. The summed E-state index contributed by atoms with van der Waals surface area (Å²) in [5, 5.41) is 8.04. The summed E-state index contributed by atoms with van der Waals surface area (Å²) in [4.78, 5) is 2.55. The Morgan fingerprint density at radius 1 is 0.459 bits per heavy atom. The van der Waals surface area contributed by atoms with Crippen molar-refractivity contribution in [2.75, 3.05) is 4.90 Å². The van der Waals surface area contributed by atoms with Gasteiger partial charge in [0, 0.05) is 38.9 Å². The van der Waals surface area contributed by atoms with Crippen LogP contribution in [0.15, 0.2) is 243 Å². The molecule has 0 fully saturated rings. The molecular formula is C71H56N2Si. The zero-order valence-electron chi connectivity index (χ0n) is 42.6. The van der Waals surface area contributed by atoms with Crippen molar-refractivity contribution in [2.45, 2.75) is 44.7 Å². The molecule has 2 aliphatic carbocycles. The minimum absolute atomic E-state index is 0.106. The molecule has 1 aromatic heterocycles. The van der Waals surface area contributed by atoms with E-state index in [9.17, 15) is 0 Å². The maximum absolute atomic E-state index is 3.91. The second kappa shape index (κ2) is 16.3. The van der Waals surface area contributed by atoms with Crippen molar-refractivity contribution in [3.8, 4) is 33.4 Å². The van der Waals surface area contributed by atoms with E-state index in [-0.39, 0.29) is 5.41 Å². The molecule has 0 amide bonds. The van der Waals surface area contributed by atoms with Crippen LogP contribution >= 0.6 is 0 Å². The number of anilines is 3. The molecule has 0 saturated heterocycles. The van der Waals surface area contributed by atoms with Gasteiger partial charge in [-0.25, -0.2) is 0 Å². The fourth-order valence-electron chi connectivity index (χ4n) is 13.9. The molecule has 3 aliphatic rings. The van der Waals surface area contributed by atoms with Gasteiger partial charge in [-0.15, -0.1) is 0 Å². The Kier molecular flexibility index (Phi) is 9.71. The maximum atomic E-state index is 3.91. The van der Waals surface area contributed by atoms with E-state index in [1.54, 1.807) is 0 Å². The molecule has 0 radical (unpaired) electrons. The lowest BCUT2D eigenvalue weighted by Crippen LogP contribution is -2.63. The van der Waals surface area contributed by atoms with Gasteiger partial charge in [-0.05, 0) is 149 Å². The Hall–Kier alpha value is -8.50. The molecule has 11 aromatic rings. The van der Waals surface area contributed by atoms with Gasteiger partial charge in [0.15, 0.2) is 0 Å². The minimum atomic E-state index is -2.41. The molecule has 0 N–H and O–H groups in total. The van der Waals surface area contributed by atoms with E-state index in [0.29, 0.717) is 0 Å². The fourth-order valence-corrected chi connectivity index (χ4v) is 17.1. The lowest BCUT2D eigenvalue weighted by Gasteiger charge is -2.50. The van der Waals surface area contributed by atoms with E-state index in [1.807, 2.05) is 12.2 Å². The fraction of sp³-hybridized carbons (Fsp3) is 0.0986. The smallest absolute Gasteiger partial charge is 0.113 e. The normalized spacial score (nSPS) is 16.5. The molecule has 2 nitrogen and oxygen atoms in total. The van der Waals surface area contributed by atoms with Crippen LogP contribution in [0.25, 0.3) is 71.7 Å². The largest absolute Gasteiger partial charge is 0.313 e. The standard InChI is InChI=1S/C71H56N2Si/c1-7-8-10-22-46(2)72-65-33-19-15-27-54(65)58-44-49(37-42-66(58)72)73(48-35-39-60-57(43-48)53-26-13-16-30-59(53)70(60,3)4)50-36-40-63-68(45-50)74(5,6)67-34-20-18-32-62(67)71(63)61-31-17-14-25-52(61)56-29-21-28-55-51(38-41-64(71)69(55)56)47-23-11-9-12-24-47/h7-45H,1H2,2-6H3/b10-8-,46-22+. The Balaban J connectivity index is 1.05. The van der Waals surface area contributed by atoms with Crippen LogP contribution in [0.1, 0.15) is 54.2 Å². The van der Waals surface area contributed by atoms with Crippen molar-refractivity contribution < 1.29 is 0 Å². The Morgan fingerprint density at radius 2 is 1.04 bits per heavy atom. The van der Waals surface area contributed by atoms with E-state index < -0.39 is 13.5 Å². The summed E-state index contributed by atoms with van der Waals surface area (Å²) in [6, 6.07) is 81.3. The molecule has 14 rings (SSSR count). The van der Waals surface area contributed by atoms with E-state index in [2.05, 4.69) is 274 Å². The van der Waals surface area contributed by atoms with Crippen LogP contribution in [0, 0.1) is 0 Å². The van der Waals surface area contributed by atoms with Gasteiger partial charge in [0.05, 0.1) is 16.4 Å². The molecule has 0 saturated carbocycles. The van der Waals surface area contributed by atoms with Gasteiger partial charge in [0.1, 0.15) is 8.07 Å². The third kappa shape index (κ3) is 6.05. The first-order valence-corrected chi connectivity index (χ1v) is 29.1. The predicted octanol–water partition coefficient (Wildman–Crippen LogP) is 17.5. The number of para-hydroxylation sites is 1. The quantitative estimate of drug-likeness (QED) is 0.114. The molecule has 2 heterocycles. The minimum Gasteiger partial charge on any atom is -0.313 e. The van der Waals surface area contributed by atoms with Crippen LogP contribution in [0.2, 0.25) is 13.1 Å². The van der Waals surface area contributed by atoms with Gasteiger partial charge >= 0.3 is 0 Å². The molecule has 1 unspecified atom stereocenters. The lowest BCUT2D eigenvalue weighted by molar-refractivity contribution is 0.660. The lowest BCUT2D eigenvalue weighted by atomic mass is 9.59. The highest BCUT2D eigenvalue weighted by Gasteiger charge is 2.53. The van der Waals surface area contributed by atoms with Gasteiger partial charge in [-0.1, -0.05) is 216 Å². The summed E-state index contributed by atoms with van der Waals surface area (Å²) in [5.74, 6) is 0. The first-order valence-electron chi connectivity index (χ1n) is 26.1. The van der Waals surface area contributed by atoms with Crippen LogP contribution in [0.4, 0.5) is 17.1 Å². The average molecular weight is 965 g/mol. The molecule has 3 heteroatoms. The van der Waals surface area contributed by atoms with Crippen LogP contribution in [0.3, 0.4) is 0 Å². The van der Waals surface area contributed by atoms with Crippen LogP contribution in [0.5, 0.6) is 0 Å². The summed E-state index contributed by atoms with van der Waals surface area (Å²) in [6.45, 7) is 16.0. The number of aromatic nitrogens is 1. The second-order valence-corrected chi connectivity index (χ2v) is 26.0. The van der Waals surface area contributed by atoms with Crippen molar-refractivity contribution in [1.29, 1.82) is 0 Å². The summed E-state index contributed by atoms with van der Waals surface area (Å²) in [6.07, 6.45) is 8.06. The average Bonchev–Trinajstić information content (AvgIpc) is 3.99. The third-order valence-electron chi connectivity index (χ3n) is 17.2. The number of benzene rings is 10. The van der Waals surface area contributed by atoms with Crippen molar-refractivity contribution in [3.63, 3.8) is 0 Å². The van der Waals surface area contributed by atoms with E-state index in [4.69, 9.17) is 0 Å². The molecule has 0 bridgehead atoms. The van der Waals surface area contributed by atoms with Gasteiger partial charge in [0.2, 0.25) is 0 Å². The molecule has 1 atom stereocenters. The van der Waals surface area contributed by atoms with Crippen molar-refractivity contribution >= 4 is 73.8 Å². The maximum Gasteiger partial charge on any atom is 0.113 e. The van der Waals surface area contributed by atoms with Gasteiger partial charge < -0.3 is 9.47 Å². The number of allylic oxidation sites excluding steroid dienone is 5. The predicted molar refractivity (Wildman–Crippen MR) is 318 cm³/mol. The highest BCUT2D eigenvalue weighted by atomic mass is 28.3. The number of nitrogens with zero attached hydrogens (tertiary/aromatic N) is 2. The van der Waals surface area contributed by atoms with Crippen molar-refractivity contribution in [1.82, 2.24) is 4.57 Å². The molecular weight excluding hydrogens is 909 g/mol. The molecule has 354 valence electrons. The molecule has 1 spiro atoms. The summed E-state index contributed by atoms with van der Waals surface area (Å²) in [5.41, 5.74) is 22.3. The second-order valence-electron chi connectivity index (χ2n) is 21.7. The zero-order valence-corrected chi connectivity index (χ0v) is 43.6. The summed E-state index contributed by atoms with van der Waals surface area (Å²) < 4.78 is 2.40. The Morgan fingerprint density at radius 3 is 1.85 bits per heavy atom. The highest BCUT2D eigenvalue weighted by Crippen LogP contribution is 2.58. The first kappa shape index (κ1) is 44.2. The number of rotatable bonds is 7. The van der Waals surface area contributed by atoms with Crippen LogP contribution < -0.4 is 15.3 Å². The van der Waals surface area contributed by atoms with Gasteiger partial charge in [-0.3, -0.25) is 0 Å². The molecule has 74 heavy (non-hydrogen) atoms.